The fourth-order valence-corrected chi connectivity index (χ4v) is 6.63. The number of hydrogen-bond acceptors (Lipinski definition) is 8. The summed E-state index contributed by atoms with van der Waals surface area (Å²) in [4.78, 5) is 29.5. The van der Waals surface area contributed by atoms with Crippen molar-refractivity contribution >= 4 is 40.3 Å². The van der Waals surface area contributed by atoms with Gasteiger partial charge in [-0.15, -0.1) is 0 Å². The van der Waals surface area contributed by atoms with E-state index in [9.17, 15) is 9.90 Å². The summed E-state index contributed by atoms with van der Waals surface area (Å²) in [7, 11) is 0. The maximum Gasteiger partial charge on any atom is 0.227 e. The number of aliphatic hydroxyl groups excluding tert-OH is 1. The van der Waals surface area contributed by atoms with Crippen LogP contribution >= 0.6 is 11.8 Å². The second-order valence-corrected chi connectivity index (χ2v) is 11.5. The Balaban J connectivity index is 1.23. The van der Waals surface area contributed by atoms with E-state index >= 15 is 0 Å². The van der Waals surface area contributed by atoms with E-state index < -0.39 is 0 Å². The quantitative estimate of drug-likeness (QED) is 0.308. The number of amides is 1. The van der Waals surface area contributed by atoms with Crippen LogP contribution in [0.5, 0.6) is 0 Å². The molecule has 1 aromatic heterocycles. The Morgan fingerprint density at radius 3 is 2.44 bits per heavy atom. The van der Waals surface area contributed by atoms with Crippen LogP contribution in [0.4, 0.5) is 11.8 Å². The van der Waals surface area contributed by atoms with Crippen LogP contribution in [-0.2, 0) is 22.7 Å². The van der Waals surface area contributed by atoms with Gasteiger partial charge in [0.25, 0.3) is 0 Å². The zero-order valence-electron chi connectivity index (χ0n) is 23.0. The highest BCUT2D eigenvalue weighted by Crippen LogP contribution is 2.34. The van der Waals surface area contributed by atoms with Crippen molar-refractivity contribution in [2.45, 2.75) is 35.8 Å². The van der Waals surface area contributed by atoms with E-state index in [0.717, 1.165) is 57.0 Å². The first-order valence-corrected chi connectivity index (χ1v) is 15.1. The highest BCUT2D eigenvalue weighted by atomic mass is 32.2. The lowest BCUT2D eigenvalue weighted by atomic mass is 9.96. The Hall–Kier alpha value is -3.66. The lowest BCUT2D eigenvalue weighted by Crippen LogP contribution is -2.48. The lowest BCUT2D eigenvalue weighted by molar-refractivity contribution is -0.139. The number of aliphatic hydroxyl groups is 1. The van der Waals surface area contributed by atoms with Crippen molar-refractivity contribution in [3.63, 3.8) is 0 Å². The van der Waals surface area contributed by atoms with Crippen LogP contribution in [0.3, 0.4) is 0 Å². The highest BCUT2D eigenvalue weighted by molar-refractivity contribution is 7.99. The molecule has 1 atom stereocenters. The number of carbonyl (C=O) groups excluding carboxylic acids is 1. The van der Waals surface area contributed by atoms with Gasteiger partial charge in [-0.1, -0.05) is 60.3 Å². The van der Waals surface area contributed by atoms with E-state index in [-0.39, 0.29) is 18.4 Å². The number of anilines is 2. The summed E-state index contributed by atoms with van der Waals surface area (Å²) in [5, 5.41) is 14.2. The Morgan fingerprint density at radius 1 is 0.927 bits per heavy atom. The van der Waals surface area contributed by atoms with Crippen LogP contribution < -0.4 is 10.2 Å². The summed E-state index contributed by atoms with van der Waals surface area (Å²) in [6.07, 6.45) is 1.84. The Morgan fingerprint density at radius 2 is 1.63 bits per heavy atom. The standard InChI is InChI=1S/C32H35N5O3S/c38-22-25-9-2-6-14-29(25)41-28-13-5-1-8-23(28)20-33-32-34-27-12-4-3-11-26(27)30(35-32)37-15-7-10-24(21-37)31(39)36-16-18-40-19-17-36/h1-6,8-9,11-14,24,38H,7,10,15-22H2,(H,33,34,35). The van der Waals surface area contributed by atoms with Gasteiger partial charge in [0, 0.05) is 47.9 Å². The SMILES string of the molecule is O=C(C1CCCN(c2nc(NCc3ccccc3Sc3ccccc3CO)nc3ccccc23)C1)N1CCOCC1. The van der Waals surface area contributed by atoms with Gasteiger partial charge in [0.05, 0.1) is 31.3 Å². The van der Waals surface area contributed by atoms with Crippen molar-refractivity contribution in [2.24, 2.45) is 5.92 Å². The molecule has 212 valence electrons. The predicted octanol–water partition coefficient (Wildman–Crippen LogP) is 4.96. The molecule has 0 bridgehead atoms. The molecule has 4 aromatic rings. The van der Waals surface area contributed by atoms with Gasteiger partial charge < -0.3 is 25.0 Å². The van der Waals surface area contributed by atoms with Crippen molar-refractivity contribution in [2.75, 3.05) is 49.6 Å². The Kier molecular flexibility index (Phi) is 8.65. The summed E-state index contributed by atoms with van der Waals surface area (Å²) in [5.74, 6) is 1.62. The number of nitrogens with zero attached hydrogens (tertiary/aromatic N) is 4. The average Bonchev–Trinajstić information content (AvgIpc) is 3.04. The molecule has 2 aliphatic heterocycles. The van der Waals surface area contributed by atoms with E-state index in [1.165, 1.54) is 0 Å². The van der Waals surface area contributed by atoms with Crippen molar-refractivity contribution < 1.29 is 14.6 Å². The summed E-state index contributed by atoms with van der Waals surface area (Å²) in [6, 6.07) is 24.3. The van der Waals surface area contributed by atoms with Gasteiger partial charge in [0.2, 0.25) is 11.9 Å². The van der Waals surface area contributed by atoms with Crippen molar-refractivity contribution in [1.82, 2.24) is 14.9 Å². The topological polar surface area (TPSA) is 90.8 Å². The normalized spacial score (nSPS) is 17.5. The van der Waals surface area contributed by atoms with Gasteiger partial charge in [-0.3, -0.25) is 4.79 Å². The number of para-hydroxylation sites is 1. The minimum atomic E-state index is -0.0438. The third-order valence-corrected chi connectivity index (χ3v) is 8.98. The number of rotatable bonds is 8. The van der Waals surface area contributed by atoms with Gasteiger partial charge in [-0.05, 0) is 48.2 Å². The number of piperidine rings is 1. The molecular weight excluding hydrogens is 534 g/mol. The fraction of sp³-hybridized carbons (Fsp3) is 0.344. The van der Waals surface area contributed by atoms with Crippen molar-refractivity contribution in [3.05, 3.63) is 83.9 Å². The Bertz CT molecular complexity index is 1510. The van der Waals surface area contributed by atoms with Crippen LogP contribution in [-0.4, -0.2) is 65.3 Å². The largest absolute Gasteiger partial charge is 0.392 e. The molecule has 2 aliphatic rings. The van der Waals surface area contributed by atoms with Crippen molar-refractivity contribution in [1.29, 1.82) is 0 Å². The molecule has 1 amide bonds. The summed E-state index contributed by atoms with van der Waals surface area (Å²) in [6.45, 7) is 4.65. The predicted molar refractivity (Wildman–Crippen MR) is 162 cm³/mol. The zero-order chi connectivity index (χ0) is 28.0. The van der Waals surface area contributed by atoms with E-state index in [0.29, 0.717) is 45.3 Å². The first-order chi connectivity index (χ1) is 20.2. The minimum absolute atomic E-state index is 0.00664. The average molecular weight is 570 g/mol. The molecule has 3 heterocycles. The van der Waals surface area contributed by atoms with Crippen LogP contribution in [0.15, 0.2) is 82.6 Å². The second kappa shape index (κ2) is 12.9. The van der Waals surface area contributed by atoms with Crippen LogP contribution in [0, 0.1) is 5.92 Å². The number of morpholine rings is 1. The third kappa shape index (κ3) is 6.32. The molecule has 2 N–H and O–H groups in total. The molecule has 2 saturated heterocycles. The molecule has 6 rings (SSSR count). The smallest absolute Gasteiger partial charge is 0.227 e. The van der Waals surface area contributed by atoms with Crippen molar-refractivity contribution in [3.8, 4) is 0 Å². The molecule has 0 radical (unpaired) electrons. The zero-order valence-corrected chi connectivity index (χ0v) is 23.9. The van der Waals surface area contributed by atoms with Gasteiger partial charge in [0.1, 0.15) is 5.82 Å². The van der Waals surface area contributed by atoms with E-state index in [2.05, 4.69) is 28.4 Å². The number of hydrogen-bond donors (Lipinski definition) is 2. The number of aromatic nitrogens is 2. The van der Waals surface area contributed by atoms with E-state index in [4.69, 9.17) is 14.7 Å². The van der Waals surface area contributed by atoms with Crippen LogP contribution in [0.1, 0.15) is 24.0 Å². The summed E-state index contributed by atoms with van der Waals surface area (Å²) < 4.78 is 5.45. The monoisotopic (exact) mass is 569 g/mol. The number of nitrogens with one attached hydrogen (secondary N) is 1. The summed E-state index contributed by atoms with van der Waals surface area (Å²) >= 11 is 1.65. The first kappa shape index (κ1) is 27.5. The maximum atomic E-state index is 13.3. The fourth-order valence-electron chi connectivity index (χ4n) is 5.57. The molecular formula is C32H35N5O3S. The van der Waals surface area contributed by atoms with Crippen LogP contribution in [0.2, 0.25) is 0 Å². The molecule has 9 heteroatoms. The maximum absolute atomic E-state index is 13.3. The molecule has 0 aliphatic carbocycles. The highest BCUT2D eigenvalue weighted by Gasteiger charge is 2.31. The van der Waals surface area contributed by atoms with Crippen LogP contribution in [0.25, 0.3) is 10.9 Å². The molecule has 41 heavy (non-hydrogen) atoms. The third-order valence-electron chi connectivity index (χ3n) is 7.75. The number of ether oxygens (including phenoxy) is 1. The van der Waals surface area contributed by atoms with Gasteiger partial charge in [-0.25, -0.2) is 4.98 Å². The molecule has 0 saturated carbocycles. The lowest BCUT2D eigenvalue weighted by Gasteiger charge is -2.37. The molecule has 3 aromatic carbocycles. The molecule has 0 spiro atoms. The number of carbonyl (C=O) groups is 1. The van der Waals surface area contributed by atoms with Gasteiger partial charge in [0.15, 0.2) is 0 Å². The number of benzene rings is 3. The Labute approximate surface area is 244 Å². The number of fused-ring (bicyclic) bond motifs is 1. The van der Waals surface area contributed by atoms with Gasteiger partial charge in [-0.2, -0.15) is 4.98 Å². The molecule has 8 nitrogen and oxygen atoms in total. The van der Waals surface area contributed by atoms with E-state index in [1.807, 2.05) is 59.5 Å². The molecule has 1 unspecified atom stereocenters. The second-order valence-electron chi connectivity index (χ2n) is 10.4. The minimum Gasteiger partial charge on any atom is -0.392 e. The van der Waals surface area contributed by atoms with Gasteiger partial charge >= 0.3 is 0 Å². The summed E-state index contributed by atoms with van der Waals surface area (Å²) in [5.41, 5.74) is 2.91. The van der Waals surface area contributed by atoms with E-state index in [1.54, 1.807) is 11.8 Å². The molecule has 2 fully saturated rings. The first-order valence-electron chi connectivity index (χ1n) is 14.3.